The van der Waals surface area contributed by atoms with E-state index in [2.05, 4.69) is 10.6 Å². The van der Waals surface area contributed by atoms with Gasteiger partial charge < -0.3 is 10.1 Å². The van der Waals surface area contributed by atoms with Crippen LogP contribution in [0.4, 0.5) is 4.79 Å². The lowest BCUT2D eigenvalue weighted by atomic mass is 9.52. The third-order valence-corrected chi connectivity index (χ3v) is 7.34. The van der Waals surface area contributed by atoms with Crippen molar-refractivity contribution in [3.63, 3.8) is 0 Å². The van der Waals surface area contributed by atoms with Gasteiger partial charge in [-0.3, -0.25) is 14.9 Å². The van der Waals surface area contributed by atoms with Crippen molar-refractivity contribution in [2.24, 2.45) is 29.6 Å². The van der Waals surface area contributed by atoms with E-state index in [0.717, 1.165) is 63.2 Å². The molecule has 0 aliphatic heterocycles. The van der Waals surface area contributed by atoms with Crippen LogP contribution in [0.25, 0.3) is 0 Å². The highest BCUT2D eigenvalue weighted by Gasteiger charge is 2.51. The Hall–Kier alpha value is -1.59. The van der Waals surface area contributed by atoms with Gasteiger partial charge in [0.15, 0.2) is 6.10 Å². The molecule has 1 atom stereocenters. The molecule has 5 fully saturated rings. The van der Waals surface area contributed by atoms with Gasteiger partial charge in [0.1, 0.15) is 0 Å². The molecule has 0 aromatic rings. The molecule has 5 rings (SSSR count). The number of hydrogen-bond donors (Lipinski definition) is 2. The van der Waals surface area contributed by atoms with Crippen LogP contribution in [0.5, 0.6) is 0 Å². The van der Waals surface area contributed by atoms with Crippen LogP contribution in [-0.2, 0) is 14.3 Å². The summed E-state index contributed by atoms with van der Waals surface area (Å²) in [6, 6.07) is -0.345. The lowest BCUT2D eigenvalue weighted by Gasteiger charge is -2.53. The van der Waals surface area contributed by atoms with Crippen LogP contribution in [0.1, 0.15) is 71.1 Å². The van der Waals surface area contributed by atoms with Gasteiger partial charge in [-0.05, 0) is 75.5 Å². The summed E-state index contributed by atoms with van der Waals surface area (Å²) in [4.78, 5) is 37.0. The summed E-state index contributed by atoms with van der Waals surface area (Å²) in [5.74, 6) is 1.61. The summed E-state index contributed by atoms with van der Waals surface area (Å²) in [6.45, 7) is 1.55. The average molecular weight is 376 g/mol. The van der Waals surface area contributed by atoms with E-state index in [1.807, 2.05) is 0 Å². The van der Waals surface area contributed by atoms with Gasteiger partial charge in [0, 0.05) is 6.04 Å². The molecule has 0 aromatic heterocycles. The molecule has 6 nitrogen and oxygen atoms in total. The van der Waals surface area contributed by atoms with Gasteiger partial charge in [0.25, 0.3) is 5.91 Å². The number of carbonyl (C=O) groups excluding carboxylic acids is 3. The smallest absolute Gasteiger partial charge is 0.321 e. The number of imide groups is 1. The molecule has 150 valence electrons. The van der Waals surface area contributed by atoms with Crippen LogP contribution in [0, 0.1) is 29.6 Å². The molecular weight excluding hydrogens is 344 g/mol. The molecular formula is C21H32N2O4. The number of esters is 1. The largest absolute Gasteiger partial charge is 0.452 e. The number of amides is 3. The normalized spacial score (nSPS) is 36.1. The van der Waals surface area contributed by atoms with Crippen molar-refractivity contribution in [2.75, 3.05) is 0 Å². The highest BCUT2D eigenvalue weighted by Crippen LogP contribution is 2.56. The average Bonchev–Trinajstić information content (AvgIpc) is 2.61. The summed E-state index contributed by atoms with van der Waals surface area (Å²) < 4.78 is 5.50. The zero-order valence-electron chi connectivity index (χ0n) is 16.2. The molecule has 5 saturated carbocycles. The summed E-state index contributed by atoms with van der Waals surface area (Å²) in [6.07, 6.45) is 10.3. The van der Waals surface area contributed by atoms with Crippen LogP contribution in [0.15, 0.2) is 0 Å². The van der Waals surface area contributed by atoms with Crippen molar-refractivity contribution in [3.8, 4) is 0 Å². The third kappa shape index (κ3) is 4.14. The third-order valence-electron chi connectivity index (χ3n) is 7.34. The molecule has 3 amide bonds. The van der Waals surface area contributed by atoms with Gasteiger partial charge >= 0.3 is 12.0 Å². The van der Waals surface area contributed by atoms with E-state index in [0.29, 0.717) is 11.8 Å². The SMILES string of the molecule is C[C@@H](OC(=O)C1C2CC3CC(C2)CC1C3)C(=O)NC(=O)NC1CCCCC1. The Kier molecular flexibility index (Phi) is 5.42. The number of urea groups is 1. The maximum Gasteiger partial charge on any atom is 0.321 e. The first-order valence-corrected chi connectivity index (χ1v) is 10.8. The topological polar surface area (TPSA) is 84.5 Å². The minimum atomic E-state index is -0.938. The van der Waals surface area contributed by atoms with Crippen LogP contribution >= 0.6 is 0 Å². The lowest BCUT2D eigenvalue weighted by Crippen LogP contribution is -2.51. The quantitative estimate of drug-likeness (QED) is 0.738. The summed E-state index contributed by atoms with van der Waals surface area (Å²) in [7, 11) is 0. The first-order valence-electron chi connectivity index (χ1n) is 10.8. The molecule has 5 aliphatic rings. The van der Waals surface area contributed by atoms with Crippen molar-refractivity contribution in [1.29, 1.82) is 0 Å². The van der Waals surface area contributed by atoms with E-state index in [4.69, 9.17) is 4.74 Å². The number of nitrogens with one attached hydrogen (secondary N) is 2. The number of carbonyl (C=O) groups is 3. The molecule has 4 bridgehead atoms. The van der Waals surface area contributed by atoms with Crippen LogP contribution < -0.4 is 10.6 Å². The van der Waals surface area contributed by atoms with E-state index in [1.165, 1.54) is 12.8 Å². The highest BCUT2D eigenvalue weighted by molar-refractivity contribution is 5.97. The van der Waals surface area contributed by atoms with E-state index in [1.54, 1.807) is 6.92 Å². The van der Waals surface area contributed by atoms with Gasteiger partial charge in [-0.1, -0.05) is 19.3 Å². The summed E-state index contributed by atoms with van der Waals surface area (Å²) >= 11 is 0. The molecule has 0 radical (unpaired) electrons. The molecule has 0 spiro atoms. The second-order valence-electron chi connectivity index (χ2n) is 9.33. The molecule has 5 aliphatic carbocycles. The first-order chi connectivity index (χ1) is 13.0. The molecule has 2 N–H and O–H groups in total. The fraction of sp³-hybridized carbons (Fsp3) is 0.857. The number of hydrogen-bond acceptors (Lipinski definition) is 4. The second kappa shape index (κ2) is 7.80. The Morgan fingerprint density at radius 3 is 2.07 bits per heavy atom. The van der Waals surface area contributed by atoms with E-state index < -0.39 is 18.0 Å². The molecule has 0 heterocycles. The number of rotatable bonds is 4. The van der Waals surface area contributed by atoms with Crippen LogP contribution in [-0.4, -0.2) is 30.1 Å². The highest BCUT2D eigenvalue weighted by atomic mass is 16.5. The maximum absolute atomic E-state index is 12.7. The Bertz CT molecular complexity index is 571. The Morgan fingerprint density at radius 2 is 1.48 bits per heavy atom. The second-order valence-corrected chi connectivity index (χ2v) is 9.33. The monoisotopic (exact) mass is 376 g/mol. The van der Waals surface area contributed by atoms with Gasteiger partial charge in [-0.2, -0.15) is 0 Å². The standard InChI is InChI=1S/C21H32N2O4/c1-12(19(24)23-21(26)22-17-5-3-2-4-6-17)27-20(25)18-15-8-13-7-14(10-15)11-16(18)9-13/h12-18H,2-11H2,1H3,(H2,22,23,24,26)/t12-,13?,14?,15?,16?,18?/m1/s1. The zero-order valence-corrected chi connectivity index (χ0v) is 16.2. The molecule has 0 aromatic carbocycles. The fourth-order valence-corrected chi connectivity index (χ4v) is 6.30. The Morgan fingerprint density at radius 1 is 0.889 bits per heavy atom. The van der Waals surface area contributed by atoms with Gasteiger partial charge in [-0.15, -0.1) is 0 Å². The minimum absolute atomic E-state index is 0.0517. The van der Waals surface area contributed by atoms with Gasteiger partial charge in [-0.25, -0.2) is 4.79 Å². The van der Waals surface area contributed by atoms with Crippen LogP contribution in [0.2, 0.25) is 0 Å². The molecule has 27 heavy (non-hydrogen) atoms. The van der Waals surface area contributed by atoms with E-state index in [9.17, 15) is 14.4 Å². The zero-order chi connectivity index (χ0) is 19.0. The van der Waals surface area contributed by atoms with Crippen molar-refractivity contribution in [1.82, 2.24) is 10.6 Å². The van der Waals surface area contributed by atoms with Crippen molar-refractivity contribution >= 4 is 17.9 Å². The van der Waals surface area contributed by atoms with E-state index in [-0.39, 0.29) is 17.9 Å². The molecule has 0 unspecified atom stereocenters. The lowest BCUT2D eigenvalue weighted by molar-refractivity contribution is -0.170. The minimum Gasteiger partial charge on any atom is -0.452 e. The van der Waals surface area contributed by atoms with Crippen molar-refractivity contribution < 1.29 is 19.1 Å². The van der Waals surface area contributed by atoms with Gasteiger partial charge in [0.05, 0.1) is 5.92 Å². The fourth-order valence-electron chi connectivity index (χ4n) is 6.30. The first kappa shape index (κ1) is 18.8. The Balaban J connectivity index is 1.25. The predicted octanol–water partition coefficient (Wildman–Crippen LogP) is 3.15. The number of ether oxygens (including phenoxy) is 1. The van der Waals surface area contributed by atoms with Crippen molar-refractivity contribution in [3.05, 3.63) is 0 Å². The summed E-state index contributed by atoms with van der Waals surface area (Å²) in [5.41, 5.74) is 0. The van der Waals surface area contributed by atoms with Gasteiger partial charge in [0.2, 0.25) is 0 Å². The van der Waals surface area contributed by atoms with Crippen molar-refractivity contribution in [2.45, 2.75) is 83.3 Å². The Labute approximate surface area is 161 Å². The molecule has 6 heteroatoms. The predicted molar refractivity (Wildman–Crippen MR) is 99.6 cm³/mol. The molecule has 0 saturated heterocycles. The van der Waals surface area contributed by atoms with Crippen LogP contribution in [0.3, 0.4) is 0 Å². The van der Waals surface area contributed by atoms with E-state index >= 15 is 0 Å². The maximum atomic E-state index is 12.7. The summed E-state index contributed by atoms with van der Waals surface area (Å²) in [5, 5.41) is 5.19.